The molecule has 2 heterocycles. The second-order valence-electron chi connectivity index (χ2n) is 4.39. The lowest BCUT2D eigenvalue weighted by molar-refractivity contribution is -0.153. The third-order valence-electron chi connectivity index (χ3n) is 3.40. The van der Waals surface area contributed by atoms with Gasteiger partial charge in [0.05, 0.1) is 13.7 Å². The van der Waals surface area contributed by atoms with Crippen LogP contribution in [-0.4, -0.2) is 61.0 Å². The van der Waals surface area contributed by atoms with Gasteiger partial charge in [0.1, 0.15) is 6.04 Å². The highest BCUT2D eigenvalue weighted by Gasteiger charge is 2.36. The molecule has 2 fully saturated rings. The van der Waals surface area contributed by atoms with E-state index in [-0.39, 0.29) is 17.9 Å². The number of ether oxygens (including phenoxy) is 1. The molecule has 1 amide bonds. The summed E-state index contributed by atoms with van der Waals surface area (Å²) in [5.41, 5.74) is 0. The molecule has 2 saturated heterocycles. The van der Waals surface area contributed by atoms with E-state index in [9.17, 15) is 9.59 Å². The predicted octanol–water partition coefficient (Wildman–Crippen LogP) is -0.144. The zero-order valence-electron chi connectivity index (χ0n) is 9.65. The number of methoxy groups -OCH3 is 1. The summed E-state index contributed by atoms with van der Waals surface area (Å²) in [5.74, 6) is -0.0772. The number of amides is 1. The lowest BCUT2D eigenvalue weighted by Crippen LogP contribution is -2.56. The monoisotopic (exact) mass is 226 g/mol. The summed E-state index contributed by atoms with van der Waals surface area (Å²) in [6, 6.07) is -0.198. The van der Waals surface area contributed by atoms with Gasteiger partial charge in [0, 0.05) is 19.6 Å². The Kier molecular flexibility index (Phi) is 3.43. The first-order valence-electron chi connectivity index (χ1n) is 5.82. The summed E-state index contributed by atoms with van der Waals surface area (Å²) in [6.45, 7) is 2.92. The van der Waals surface area contributed by atoms with Crippen LogP contribution in [0.1, 0.15) is 19.3 Å². The average molecular weight is 226 g/mol. The van der Waals surface area contributed by atoms with Crippen LogP contribution in [0.4, 0.5) is 0 Å². The van der Waals surface area contributed by atoms with Crippen molar-refractivity contribution in [3.05, 3.63) is 0 Å². The molecule has 0 N–H and O–H groups in total. The van der Waals surface area contributed by atoms with Crippen molar-refractivity contribution in [2.75, 3.05) is 33.3 Å². The molecule has 0 aromatic heterocycles. The molecule has 2 aliphatic rings. The summed E-state index contributed by atoms with van der Waals surface area (Å²) in [4.78, 5) is 26.9. The highest BCUT2D eigenvalue weighted by atomic mass is 16.5. The summed E-state index contributed by atoms with van der Waals surface area (Å²) in [7, 11) is 1.39. The van der Waals surface area contributed by atoms with Crippen molar-refractivity contribution < 1.29 is 14.3 Å². The summed E-state index contributed by atoms with van der Waals surface area (Å²) < 4.78 is 4.69. The highest BCUT2D eigenvalue weighted by molar-refractivity contribution is 5.81. The van der Waals surface area contributed by atoms with Crippen LogP contribution in [0.3, 0.4) is 0 Å². The van der Waals surface area contributed by atoms with Gasteiger partial charge in [0.15, 0.2) is 0 Å². The van der Waals surface area contributed by atoms with E-state index in [4.69, 9.17) is 0 Å². The minimum atomic E-state index is -0.222. The summed E-state index contributed by atoms with van der Waals surface area (Å²) in [5, 5.41) is 0. The van der Waals surface area contributed by atoms with E-state index in [1.165, 1.54) is 7.11 Å². The van der Waals surface area contributed by atoms with Gasteiger partial charge >= 0.3 is 5.97 Å². The Morgan fingerprint density at radius 3 is 2.44 bits per heavy atom. The Labute approximate surface area is 95.3 Å². The van der Waals surface area contributed by atoms with Gasteiger partial charge in [0.25, 0.3) is 0 Å². The zero-order valence-corrected chi connectivity index (χ0v) is 9.65. The minimum Gasteiger partial charge on any atom is -0.468 e. The summed E-state index contributed by atoms with van der Waals surface area (Å²) in [6.07, 6.45) is 3.01. The molecule has 0 spiro atoms. The molecule has 0 saturated carbocycles. The van der Waals surface area contributed by atoms with E-state index in [2.05, 4.69) is 4.74 Å². The molecule has 16 heavy (non-hydrogen) atoms. The second-order valence-corrected chi connectivity index (χ2v) is 4.39. The first kappa shape index (κ1) is 11.4. The van der Waals surface area contributed by atoms with Crippen LogP contribution in [0, 0.1) is 0 Å². The lowest BCUT2D eigenvalue weighted by Gasteiger charge is -2.38. The van der Waals surface area contributed by atoms with Gasteiger partial charge in [-0.25, -0.2) is 0 Å². The molecular weight excluding hydrogens is 208 g/mol. The van der Waals surface area contributed by atoms with Crippen LogP contribution in [0.2, 0.25) is 0 Å². The molecule has 90 valence electrons. The zero-order chi connectivity index (χ0) is 11.5. The Hall–Kier alpha value is -1.10. The highest BCUT2D eigenvalue weighted by Crippen LogP contribution is 2.19. The van der Waals surface area contributed by atoms with Gasteiger partial charge in [-0.1, -0.05) is 0 Å². The van der Waals surface area contributed by atoms with E-state index in [1.54, 1.807) is 0 Å². The number of hydrogen-bond acceptors (Lipinski definition) is 4. The van der Waals surface area contributed by atoms with Gasteiger partial charge < -0.3 is 9.64 Å². The fourth-order valence-electron chi connectivity index (χ4n) is 2.27. The van der Waals surface area contributed by atoms with E-state index in [1.807, 2.05) is 9.80 Å². The van der Waals surface area contributed by atoms with Crippen LogP contribution in [0.15, 0.2) is 0 Å². The number of likely N-dealkylation sites (tertiary alicyclic amines) is 2. The lowest BCUT2D eigenvalue weighted by atomic mass is 10.0. The Morgan fingerprint density at radius 2 is 1.94 bits per heavy atom. The molecule has 2 aliphatic heterocycles. The van der Waals surface area contributed by atoms with Gasteiger partial charge in [-0.15, -0.1) is 0 Å². The standard InChI is InChI=1S/C11H18N2O3/c1-16-11(15)9-4-7-13(9)8-10(14)12-5-2-3-6-12/h9H,2-8H2,1H3. The number of rotatable bonds is 3. The quantitative estimate of drug-likeness (QED) is 0.628. The Morgan fingerprint density at radius 1 is 1.25 bits per heavy atom. The smallest absolute Gasteiger partial charge is 0.323 e. The molecule has 0 aliphatic carbocycles. The van der Waals surface area contributed by atoms with Gasteiger partial charge in [-0.3, -0.25) is 14.5 Å². The van der Waals surface area contributed by atoms with Crippen molar-refractivity contribution in [1.82, 2.24) is 9.80 Å². The molecule has 0 aromatic carbocycles. The molecular formula is C11H18N2O3. The van der Waals surface area contributed by atoms with Gasteiger partial charge in [-0.2, -0.15) is 0 Å². The maximum Gasteiger partial charge on any atom is 0.323 e. The van der Waals surface area contributed by atoms with E-state index >= 15 is 0 Å². The largest absolute Gasteiger partial charge is 0.468 e. The van der Waals surface area contributed by atoms with Gasteiger partial charge in [-0.05, 0) is 19.3 Å². The van der Waals surface area contributed by atoms with Crippen molar-refractivity contribution in [2.24, 2.45) is 0 Å². The third kappa shape index (κ3) is 2.19. The van der Waals surface area contributed by atoms with Crippen molar-refractivity contribution in [3.8, 4) is 0 Å². The first-order chi connectivity index (χ1) is 7.72. The average Bonchev–Trinajstić information content (AvgIpc) is 2.77. The molecule has 0 radical (unpaired) electrons. The van der Waals surface area contributed by atoms with Crippen molar-refractivity contribution in [3.63, 3.8) is 0 Å². The molecule has 0 bridgehead atoms. The normalized spacial score (nSPS) is 25.3. The molecule has 2 rings (SSSR count). The first-order valence-corrected chi connectivity index (χ1v) is 5.82. The fourth-order valence-corrected chi connectivity index (χ4v) is 2.27. The Balaban J connectivity index is 1.81. The van der Waals surface area contributed by atoms with Crippen LogP contribution in [-0.2, 0) is 14.3 Å². The predicted molar refractivity (Wildman–Crippen MR) is 57.8 cm³/mol. The number of hydrogen-bond donors (Lipinski definition) is 0. The van der Waals surface area contributed by atoms with Crippen LogP contribution in [0.5, 0.6) is 0 Å². The van der Waals surface area contributed by atoms with Gasteiger partial charge in [0.2, 0.25) is 5.91 Å². The maximum absolute atomic E-state index is 11.8. The van der Waals surface area contributed by atoms with Crippen LogP contribution >= 0.6 is 0 Å². The van der Waals surface area contributed by atoms with Crippen LogP contribution in [0.25, 0.3) is 0 Å². The minimum absolute atomic E-state index is 0.145. The number of nitrogens with zero attached hydrogens (tertiary/aromatic N) is 2. The maximum atomic E-state index is 11.8. The molecule has 5 nitrogen and oxygen atoms in total. The summed E-state index contributed by atoms with van der Waals surface area (Å²) >= 11 is 0. The van der Waals surface area contributed by atoms with E-state index in [0.717, 1.165) is 38.9 Å². The molecule has 1 atom stereocenters. The molecule has 5 heteroatoms. The number of esters is 1. The topological polar surface area (TPSA) is 49.9 Å². The third-order valence-corrected chi connectivity index (χ3v) is 3.40. The Bertz CT molecular complexity index is 287. The molecule has 1 unspecified atom stereocenters. The molecule has 0 aromatic rings. The SMILES string of the molecule is COC(=O)C1CCN1CC(=O)N1CCCC1. The van der Waals surface area contributed by atoms with E-state index < -0.39 is 0 Å². The number of carbonyl (C=O) groups excluding carboxylic acids is 2. The van der Waals surface area contributed by atoms with Crippen LogP contribution < -0.4 is 0 Å². The second kappa shape index (κ2) is 4.82. The van der Waals surface area contributed by atoms with Crippen molar-refractivity contribution in [2.45, 2.75) is 25.3 Å². The van der Waals surface area contributed by atoms with E-state index in [0.29, 0.717) is 6.54 Å². The van der Waals surface area contributed by atoms with Crippen molar-refractivity contribution in [1.29, 1.82) is 0 Å². The fraction of sp³-hybridized carbons (Fsp3) is 0.818. The number of carbonyl (C=O) groups is 2. The van der Waals surface area contributed by atoms with Crippen molar-refractivity contribution >= 4 is 11.9 Å².